The molecule has 21 heavy (non-hydrogen) atoms. The number of hydrogen-bond donors (Lipinski definition) is 1. The van der Waals surface area contributed by atoms with Crippen molar-refractivity contribution in [2.75, 3.05) is 0 Å². The van der Waals surface area contributed by atoms with Crippen molar-refractivity contribution in [1.82, 2.24) is 0 Å². The predicted molar refractivity (Wildman–Crippen MR) is 72.6 cm³/mol. The Morgan fingerprint density at radius 3 is 2.24 bits per heavy atom. The Morgan fingerprint density at radius 1 is 1.29 bits per heavy atom. The van der Waals surface area contributed by atoms with E-state index < -0.39 is 24.7 Å². The summed E-state index contributed by atoms with van der Waals surface area (Å²) >= 11 is 0. The molecule has 0 heterocycles. The van der Waals surface area contributed by atoms with Crippen molar-refractivity contribution in [2.24, 2.45) is 0 Å². The van der Waals surface area contributed by atoms with Crippen LogP contribution in [0.15, 0.2) is 18.2 Å². The standard InChI is InChI=1S/C15H19F3O3/c1-9-7-10(14(2,3)4)5-6-11(9)21-12(8-13(19)20)15(16,17)18/h5-7,12H,8H2,1-4H3,(H,19,20). The average molecular weight is 304 g/mol. The highest BCUT2D eigenvalue weighted by atomic mass is 19.4. The number of ether oxygens (including phenoxy) is 1. The van der Waals surface area contributed by atoms with Gasteiger partial charge in [0.1, 0.15) is 5.75 Å². The van der Waals surface area contributed by atoms with Crippen LogP contribution in [0.5, 0.6) is 5.75 Å². The highest BCUT2D eigenvalue weighted by molar-refractivity contribution is 5.67. The first-order valence-electron chi connectivity index (χ1n) is 6.47. The van der Waals surface area contributed by atoms with Gasteiger partial charge < -0.3 is 9.84 Å². The minimum atomic E-state index is -4.73. The molecule has 0 radical (unpaired) electrons. The summed E-state index contributed by atoms with van der Waals surface area (Å²) in [5, 5.41) is 8.57. The number of rotatable bonds is 4. The Hall–Kier alpha value is -1.72. The normalized spacial score (nSPS) is 13.9. The number of aryl methyl sites for hydroxylation is 1. The summed E-state index contributed by atoms with van der Waals surface area (Å²) in [6.45, 7) is 7.61. The van der Waals surface area contributed by atoms with Crippen molar-refractivity contribution >= 4 is 5.97 Å². The highest BCUT2D eigenvalue weighted by Gasteiger charge is 2.43. The van der Waals surface area contributed by atoms with E-state index in [9.17, 15) is 18.0 Å². The molecule has 3 nitrogen and oxygen atoms in total. The zero-order chi connectivity index (χ0) is 16.4. The van der Waals surface area contributed by atoms with Gasteiger partial charge in [-0.3, -0.25) is 4.79 Å². The lowest BCUT2D eigenvalue weighted by Crippen LogP contribution is -2.36. The number of benzene rings is 1. The number of halogens is 3. The van der Waals surface area contributed by atoms with Gasteiger partial charge in [-0.15, -0.1) is 0 Å². The fourth-order valence-electron chi connectivity index (χ4n) is 1.78. The number of carboxylic acid groups (broad SMARTS) is 1. The molecule has 1 N–H and O–H groups in total. The van der Waals surface area contributed by atoms with Gasteiger partial charge in [-0.25, -0.2) is 0 Å². The summed E-state index contributed by atoms with van der Waals surface area (Å²) in [6, 6.07) is 4.90. The van der Waals surface area contributed by atoms with Crippen LogP contribution in [0, 0.1) is 6.92 Å². The smallest absolute Gasteiger partial charge is 0.426 e. The predicted octanol–water partition coefficient (Wildman–Crippen LogP) is 4.08. The van der Waals surface area contributed by atoms with Gasteiger partial charge in [0.05, 0.1) is 6.42 Å². The van der Waals surface area contributed by atoms with Crippen LogP contribution in [0.1, 0.15) is 38.3 Å². The van der Waals surface area contributed by atoms with Gasteiger partial charge in [0.25, 0.3) is 0 Å². The van der Waals surface area contributed by atoms with Crippen LogP contribution in [0.2, 0.25) is 0 Å². The van der Waals surface area contributed by atoms with E-state index in [1.165, 1.54) is 6.07 Å². The van der Waals surface area contributed by atoms with Crippen LogP contribution in [0.25, 0.3) is 0 Å². The molecule has 6 heteroatoms. The maximum Gasteiger partial charge on any atom is 0.426 e. The maximum atomic E-state index is 12.8. The Balaban J connectivity index is 3.03. The third kappa shape index (κ3) is 4.95. The maximum absolute atomic E-state index is 12.8. The van der Waals surface area contributed by atoms with Crippen molar-refractivity contribution in [3.63, 3.8) is 0 Å². The van der Waals surface area contributed by atoms with Crippen molar-refractivity contribution in [3.05, 3.63) is 29.3 Å². The lowest BCUT2D eigenvalue weighted by molar-refractivity contribution is -0.200. The molecular weight excluding hydrogens is 285 g/mol. The molecule has 0 bridgehead atoms. The molecule has 1 unspecified atom stereocenters. The molecule has 0 aliphatic carbocycles. The van der Waals surface area contributed by atoms with E-state index in [0.29, 0.717) is 5.56 Å². The van der Waals surface area contributed by atoms with E-state index in [2.05, 4.69) is 0 Å². The molecule has 0 fully saturated rings. The third-order valence-electron chi connectivity index (χ3n) is 3.04. The van der Waals surface area contributed by atoms with Crippen LogP contribution < -0.4 is 4.74 Å². The second-order valence-corrected chi connectivity index (χ2v) is 5.98. The number of aliphatic carboxylic acids is 1. The van der Waals surface area contributed by atoms with Gasteiger partial charge in [-0.2, -0.15) is 13.2 Å². The summed E-state index contributed by atoms with van der Waals surface area (Å²) in [6.07, 6.45) is -8.20. The van der Waals surface area contributed by atoms with Crippen molar-refractivity contribution in [2.45, 2.75) is 51.8 Å². The van der Waals surface area contributed by atoms with Gasteiger partial charge >= 0.3 is 12.1 Å². The Labute approximate surface area is 121 Å². The molecular formula is C15H19F3O3. The number of carbonyl (C=O) groups is 1. The van der Waals surface area contributed by atoms with Gasteiger partial charge in [0, 0.05) is 0 Å². The molecule has 1 rings (SSSR count). The molecule has 118 valence electrons. The van der Waals surface area contributed by atoms with Crippen LogP contribution in [-0.4, -0.2) is 23.4 Å². The minimum Gasteiger partial charge on any atom is -0.481 e. The second-order valence-electron chi connectivity index (χ2n) is 5.98. The fourth-order valence-corrected chi connectivity index (χ4v) is 1.78. The SMILES string of the molecule is Cc1cc(C(C)(C)C)ccc1OC(CC(=O)O)C(F)(F)F. The van der Waals surface area contributed by atoms with Crippen LogP contribution >= 0.6 is 0 Å². The summed E-state index contributed by atoms with van der Waals surface area (Å²) < 4.78 is 43.2. The fraction of sp³-hybridized carbons (Fsp3) is 0.533. The lowest BCUT2D eigenvalue weighted by Gasteiger charge is -2.24. The number of hydrogen-bond acceptors (Lipinski definition) is 2. The van der Waals surface area contributed by atoms with Gasteiger partial charge in [-0.1, -0.05) is 32.9 Å². The molecule has 0 aliphatic rings. The van der Waals surface area contributed by atoms with Crippen molar-refractivity contribution in [3.8, 4) is 5.75 Å². The quantitative estimate of drug-likeness (QED) is 0.912. The molecule has 1 aromatic rings. The van der Waals surface area contributed by atoms with E-state index in [1.807, 2.05) is 20.8 Å². The van der Waals surface area contributed by atoms with Gasteiger partial charge in [0.2, 0.25) is 6.10 Å². The first-order valence-corrected chi connectivity index (χ1v) is 6.47. The van der Waals surface area contributed by atoms with Crippen molar-refractivity contribution < 1.29 is 27.8 Å². The third-order valence-corrected chi connectivity index (χ3v) is 3.04. The molecule has 0 spiro atoms. The Kier molecular flexibility index (Phi) is 4.91. The minimum absolute atomic E-state index is 0.0478. The summed E-state index contributed by atoms with van der Waals surface area (Å²) in [7, 11) is 0. The average Bonchev–Trinajstić information content (AvgIpc) is 2.27. The second kappa shape index (κ2) is 5.95. The monoisotopic (exact) mass is 304 g/mol. The van der Waals surface area contributed by atoms with E-state index >= 15 is 0 Å². The summed E-state index contributed by atoms with van der Waals surface area (Å²) in [5.74, 6) is -1.51. The molecule has 0 amide bonds. The summed E-state index contributed by atoms with van der Waals surface area (Å²) in [4.78, 5) is 10.5. The van der Waals surface area contributed by atoms with Crippen molar-refractivity contribution in [1.29, 1.82) is 0 Å². The molecule has 0 aromatic heterocycles. The zero-order valence-electron chi connectivity index (χ0n) is 12.4. The molecule has 0 saturated heterocycles. The van der Waals surface area contributed by atoms with E-state index in [0.717, 1.165) is 5.56 Å². The molecule has 0 aliphatic heterocycles. The molecule has 1 atom stereocenters. The molecule has 1 aromatic carbocycles. The Bertz CT molecular complexity index is 516. The van der Waals surface area contributed by atoms with Gasteiger partial charge in [0.15, 0.2) is 0 Å². The zero-order valence-corrected chi connectivity index (χ0v) is 12.4. The van der Waals surface area contributed by atoms with Crippen LogP contribution in [-0.2, 0) is 10.2 Å². The van der Waals surface area contributed by atoms with E-state index in [-0.39, 0.29) is 11.2 Å². The van der Waals surface area contributed by atoms with E-state index in [4.69, 9.17) is 9.84 Å². The lowest BCUT2D eigenvalue weighted by atomic mass is 9.86. The van der Waals surface area contributed by atoms with E-state index in [1.54, 1.807) is 19.1 Å². The molecule has 0 saturated carbocycles. The highest BCUT2D eigenvalue weighted by Crippen LogP contribution is 2.31. The first kappa shape index (κ1) is 17.3. The number of carboxylic acids is 1. The largest absolute Gasteiger partial charge is 0.481 e. The number of alkyl halides is 3. The summed E-state index contributed by atoms with van der Waals surface area (Å²) in [5.41, 5.74) is 1.38. The van der Waals surface area contributed by atoms with Gasteiger partial charge in [-0.05, 0) is 29.5 Å². The van der Waals surface area contributed by atoms with Crippen LogP contribution in [0.3, 0.4) is 0 Å². The first-order chi connectivity index (χ1) is 9.41. The topological polar surface area (TPSA) is 46.5 Å². The van der Waals surface area contributed by atoms with Crippen LogP contribution in [0.4, 0.5) is 13.2 Å². The Morgan fingerprint density at radius 2 is 1.86 bits per heavy atom.